The van der Waals surface area contributed by atoms with Gasteiger partial charge < -0.3 is 9.84 Å². The predicted octanol–water partition coefficient (Wildman–Crippen LogP) is 3.20. The molecule has 0 heterocycles. The van der Waals surface area contributed by atoms with Crippen LogP contribution in [0.1, 0.15) is 38.8 Å². The van der Waals surface area contributed by atoms with Crippen LogP contribution < -0.4 is 0 Å². The van der Waals surface area contributed by atoms with Gasteiger partial charge in [0.05, 0.1) is 12.7 Å². The summed E-state index contributed by atoms with van der Waals surface area (Å²) in [5.41, 5.74) is 1.24. The molecule has 0 aromatic heterocycles. The Morgan fingerprint density at radius 1 is 1.22 bits per heavy atom. The van der Waals surface area contributed by atoms with Crippen molar-refractivity contribution in [2.24, 2.45) is 0 Å². The molecule has 3 heteroatoms. The number of hydrogen-bond acceptors (Lipinski definition) is 3. The lowest BCUT2D eigenvalue weighted by molar-refractivity contribution is 0.0552. The molecule has 0 saturated heterocycles. The summed E-state index contributed by atoms with van der Waals surface area (Å²) in [6.45, 7) is 7.95. The molecule has 102 valence electrons. The van der Waals surface area contributed by atoms with Crippen LogP contribution in [0.5, 0.6) is 5.75 Å². The van der Waals surface area contributed by atoms with Gasteiger partial charge in [0, 0.05) is 12.6 Å². The molecule has 1 unspecified atom stereocenters. The summed E-state index contributed by atoms with van der Waals surface area (Å²) < 4.78 is 5.58. The Balaban J connectivity index is 2.56. The summed E-state index contributed by atoms with van der Waals surface area (Å²) in [4.78, 5) is 2.30. The summed E-state index contributed by atoms with van der Waals surface area (Å²) in [6, 6.07) is 7.85. The smallest absolute Gasteiger partial charge is 0.115 e. The van der Waals surface area contributed by atoms with Crippen LogP contribution in [-0.2, 0) is 4.74 Å². The fourth-order valence-corrected chi connectivity index (χ4v) is 2.09. The van der Waals surface area contributed by atoms with Gasteiger partial charge in [-0.1, -0.05) is 19.1 Å². The average molecular weight is 251 g/mol. The van der Waals surface area contributed by atoms with Crippen molar-refractivity contribution >= 4 is 0 Å². The Labute approximate surface area is 110 Å². The zero-order chi connectivity index (χ0) is 13.5. The second-order valence-corrected chi connectivity index (χ2v) is 4.92. The fraction of sp³-hybridized carbons (Fsp3) is 0.600. The van der Waals surface area contributed by atoms with E-state index in [0.29, 0.717) is 11.8 Å². The van der Waals surface area contributed by atoms with E-state index in [1.807, 2.05) is 12.1 Å². The molecule has 0 aliphatic carbocycles. The largest absolute Gasteiger partial charge is 0.508 e. The molecule has 0 radical (unpaired) electrons. The Hall–Kier alpha value is -1.06. The first-order valence-corrected chi connectivity index (χ1v) is 6.65. The second-order valence-electron chi connectivity index (χ2n) is 4.92. The third-order valence-electron chi connectivity index (χ3n) is 3.09. The summed E-state index contributed by atoms with van der Waals surface area (Å²) >= 11 is 0. The highest BCUT2D eigenvalue weighted by molar-refractivity contribution is 5.28. The Bertz CT molecular complexity index is 335. The molecule has 0 aliphatic rings. The first kappa shape index (κ1) is 15.0. The number of aromatic hydroxyl groups is 1. The molecule has 0 amide bonds. The molecule has 0 fully saturated rings. The van der Waals surface area contributed by atoms with Gasteiger partial charge in [0.1, 0.15) is 5.75 Å². The number of ether oxygens (including phenoxy) is 1. The topological polar surface area (TPSA) is 32.7 Å². The van der Waals surface area contributed by atoms with Gasteiger partial charge in [-0.15, -0.1) is 0 Å². The van der Waals surface area contributed by atoms with Crippen LogP contribution in [0, 0.1) is 0 Å². The normalized spacial score (nSPS) is 13.2. The van der Waals surface area contributed by atoms with Crippen molar-refractivity contribution in [2.75, 3.05) is 20.2 Å². The molecule has 1 N–H and O–H groups in total. The van der Waals surface area contributed by atoms with E-state index in [4.69, 9.17) is 4.74 Å². The van der Waals surface area contributed by atoms with Crippen LogP contribution in [-0.4, -0.2) is 36.3 Å². The molecular weight excluding hydrogens is 226 g/mol. The second kappa shape index (κ2) is 7.39. The van der Waals surface area contributed by atoms with Crippen molar-refractivity contribution in [1.82, 2.24) is 4.90 Å². The molecule has 1 atom stereocenters. The van der Waals surface area contributed by atoms with Crippen molar-refractivity contribution in [3.63, 3.8) is 0 Å². The number of hydrogen-bond donors (Lipinski definition) is 1. The maximum Gasteiger partial charge on any atom is 0.115 e. The van der Waals surface area contributed by atoms with E-state index in [1.54, 1.807) is 12.1 Å². The van der Waals surface area contributed by atoms with Gasteiger partial charge >= 0.3 is 0 Å². The fourth-order valence-electron chi connectivity index (χ4n) is 2.09. The van der Waals surface area contributed by atoms with E-state index in [9.17, 15) is 5.11 Å². The van der Waals surface area contributed by atoms with Crippen LogP contribution in [0.15, 0.2) is 24.3 Å². The van der Waals surface area contributed by atoms with E-state index in [1.165, 1.54) is 5.56 Å². The van der Waals surface area contributed by atoms with Gasteiger partial charge in [-0.3, -0.25) is 4.90 Å². The van der Waals surface area contributed by atoms with Gasteiger partial charge in [0.25, 0.3) is 0 Å². The van der Waals surface area contributed by atoms with E-state index in [2.05, 4.69) is 32.7 Å². The summed E-state index contributed by atoms with van der Waals surface area (Å²) in [5, 5.41) is 9.32. The minimum Gasteiger partial charge on any atom is -0.508 e. The maximum atomic E-state index is 9.32. The van der Waals surface area contributed by atoms with Crippen molar-refractivity contribution < 1.29 is 9.84 Å². The Morgan fingerprint density at radius 2 is 1.83 bits per heavy atom. The van der Waals surface area contributed by atoms with Gasteiger partial charge in [0.2, 0.25) is 0 Å². The molecule has 1 aromatic carbocycles. The summed E-state index contributed by atoms with van der Waals surface area (Å²) in [5.74, 6) is 0.319. The van der Waals surface area contributed by atoms with E-state index in [0.717, 1.165) is 19.6 Å². The Kier molecular flexibility index (Phi) is 6.16. The van der Waals surface area contributed by atoms with Crippen LogP contribution >= 0.6 is 0 Å². The summed E-state index contributed by atoms with van der Waals surface area (Å²) in [6.07, 6.45) is 1.33. The van der Waals surface area contributed by atoms with Crippen LogP contribution in [0.4, 0.5) is 0 Å². The van der Waals surface area contributed by atoms with Gasteiger partial charge in [-0.25, -0.2) is 0 Å². The van der Waals surface area contributed by atoms with Crippen molar-refractivity contribution in [1.29, 1.82) is 0 Å². The molecule has 0 saturated carbocycles. The SMILES string of the molecule is CCC(c1ccc(O)cc1)N(C)CCOC(C)C. The zero-order valence-electron chi connectivity index (χ0n) is 11.9. The molecule has 0 bridgehead atoms. The lowest BCUT2D eigenvalue weighted by Crippen LogP contribution is -2.28. The highest BCUT2D eigenvalue weighted by Crippen LogP contribution is 2.24. The third-order valence-corrected chi connectivity index (χ3v) is 3.09. The van der Waals surface area contributed by atoms with Crippen LogP contribution in [0.2, 0.25) is 0 Å². The van der Waals surface area contributed by atoms with Gasteiger partial charge in [-0.05, 0) is 45.0 Å². The minimum absolute atomic E-state index is 0.284. The third kappa shape index (κ3) is 4.67. The predicted molar refractivity (Wildman–Crippen MR) is 74.9 cm³/mol. The molecule has 1 rings (SSSR count). The van der Waals surface area contributed by atoms with Crippen molar-refractivity contribution in [3.05, 3.63) is 29.8 Å². The summed E-state index contributed by atoms with van der Waals surface area (Å²) in [7, 11) is 2.12. The standard InChI is InChI=1S/C15H25NO2/c1-5-15(13-6-8-14(17)9-7-13)16(4)10-11-18-12(2)3/h6-9,12,15,17H,5,10-11H2,1-4H3. The molecule has 1 aromatic rings. The lowest BCUT2D eigenvalue weighted by atomic mass is 10.0. The molecule has 0 aliphatic heterocycles. The number of phenols is 1. The number of phenolic OH excluding ortho intramolecular Hbond substituents is 1. The van der Waals surface area contributed by atoms with E-state index >= 15 is 0 Å². The molecule has 3 nitrogen and oxygen atoms in total. The number of likely N-dealkylation sites (N-methyl/N-ethyl adjacent to an activating group) is 1. The number of rotatable bonds is 7. The van der Waals surface area contributed by atoms with Gasteiger partial charge in [-0.2, -0.15) is 0 Å². The minimum atomic E-state index is 0.284. The quantitative estimate of drug-likeness (QED) is 0.807. The first-order chi connectivity index (χ1) is 8.54. The molecular formula is C15H25NO2. The zero-order valence-corrected chi connectivity index (χ0v) is 11.9. The Morgan fingerprint density at radius 3 is 2.33 bits per heavy atom. The maximum absolute atomic E-state index is 9.32. The van der Waals surface area contributed by atoms with Gasteiger partial charge in [0.15, 0.2) is 0 Å². The number of nitrogens with zero attached hydrogens (tertiary/aromatic N) is 1. The van der Waals surface area contributed by atoms with Crippen LogP contribution in [0.25, 0.3) is 0 Å². The highest BCUT2D eigenvalue weighted by Gasteiger charge is 2.14. The lowest BCUT2D eigenvalue weighted by Gasteiger charge is -2.27. The van der Waals surface area contributed by atoms with E-state index < -0.39 is 0 Å². The van der Waals surface area contributed by atoms with Crippen molar-refractivity contribution in [2.45, 2.75) is 39.3 Å². The van der Waals surface area contributed by atoms with E-state index in [-0.39, 0.29) is 6.10 Å². The van der Waals surface area contributed by atoms with Crippen molar-refractivity contribution in [3.8, 4) is 5.75 Å². The molecule has 18 heavy (non-hydrogen) atoms. The van der Waals surface area contributed by atoms with Crippen LogP contribution in [0.3, 0.4) is 0 Å². The first-order valence-electron chi connectivity index (χ1n) is 6.65. The highest BCUT2D eigenvalue weighted by atomic mass is 16.5. The molecule has 0 spiro atoms. The average Bonchev–Trinajstić information content (AvgIpc) is 2.32. The number of benzene rings is 1. The monoisotopic (exact) mass is 251 g/mol.